The molecular weight excluding hydrogens is 334 g/mol. The fourth-order valence-corrected chi connectivity index (χ4v) is 4.12. The Hall–Kier alpha value is -1.89. The van der Waals surface area contributed by atoms with E-state index in [1.54, 1.807) is 18.0 Å². The van der Waals surface area contributed by atoms with Crippen LogP contribution < -0.4 is 4.90 Å². The second-order valence-corrected chi connectivity index (χ2v) is 7.20. The molecule has 1 amide bonds. The molecule has 2 aromatic rings. The Morgan fingerprint density at radius 2 is 2.00 bits per heavy atom. The molecule has 4 rings (SSSR count). The number of hydrogen-bond donors (Lipinski definition) is 0. The molecule has 25 heavy (non-hydrogen) atoms. The van der Waals surface area contributed by atoms with Gasteiger partial charge in [-0.25, -0.2) is 0 Å². The standard InChI is InChI=1S/C19H21N3O2S/c23-19-14-25-18-5-4-15(16-3-1-2-6-20-16)13-17(18)22(19)8-7-21-9-11-24-12-10-21/h1-6,13H,7-12,14H2. The van der Waals surface area contributed by atoms with Crippen LogP contribution in [0.4, 0.5) is 5.69 Å². The van der Waals surface area contributed by atoms with Crippen LogP contribution in [0.5, 0.6) is 0 Å². The van der Waals surface area contributed by atoms with Gasteiger partial charge in [0.25, 0.3) is 0 Å². The highest BCUT2D eigenvalue weighted by atomic mass is 32.2. The molecule has 1 aromatic heterocycles. The van der Waals surface area contributed by atoms with Crippen molar-refractivity contribution in [3.63, 3.8) is 0 Å². The van der Waals surface area contributed by atoms with E-state index in [1.807, 2.05) is 23.1 Å². The van der Waals surface area contributed by atoms with Crippen molar-refractivity contribution in [1.29, 1.82) is 0 Å². The lowest BCUT2D eigenvalue weighted by Crippen LogP contribution is -2.44. The van der Waals surface area contributed by atoms with Gasteiger partial charge in [0.1, 0.15) is 0 Å². The quantitative estimate of drug-likeness (QED) is 0.843. The number of benzene rings is 1. The van der Waals surface area contributed by atoms with Gasteiger partial charge in [-0.1, -0.05) is 12.1 Å². The fourth-order valence-electron chi connectivity index (χ4n) is 3.21. The number of thioether (sulfide) groups is 1. The van der Waals surface area contributed by atoms with E-state index >= 15 is 0 Å². The van der Waals surface area contributed by atoms with Crippen molar-refractivity contribution < 1.29 is 9.53 Å². The first kappa shape index (κ1) is 16.6. The van der Waals surface area contributed by atoms with Gasteiger partial charge in [-0.15, -0.1) is 11.8 Å². The molecule has 0 unspecified atom stereocenters. The van der Waals surface area contributed by atoms with E-state index < -0.39 is 0 Å². The van der Waals surface area contributed by atoms with Crippen LogP contribution in [0.15, 0.2) is 47.5 Å². The molecule has 0 atom stereocenters. The third-order valence-corrected chi connectivity index (χ3v) is 5.65. The number of fused-ring (bicyclic) bond motifs is 1. The minimum Gasteiger partial charge on any atom is -0.379 e. The molecule has 6 heteroatoms. The number of carbonyl (C=O) groups excluding carboxylic acids is 1. The van der Waals surface area contributed by atoms with Crippen molar-refractivity contribution in [3.8, 4) is 11.3 Å². The molecule has 0 N–H and O–H groups in total. The Morgan fingerprint density at radius 3 is 2.80 bits per heavy atom. The van der Waals surface area contributed by atoms with E-state index in [0.717, 1.165) is 56.3 Å². The third-order valence-electron chi connectivity index (χ3n) is 4.61. The lowest BCUT2D eigenvalue weighted by Gasteiger charge is -2.33. The topological polar surface area (TPSA) is 45.7 Å². The molecule has 2 aliphatic heterocycles. The predicted octanol–water partition coefficient (Wildman–Crippen LogP) is 2.52. The highest BCUT2D eigenvalue weighted by molar-refractivity contribution is 8.00. The van der Waals surface area contributed by atoms with Crippen molar-refractivity contribution in [3.05, 3.63) is 42.6 Å². The van der Waals surface area contributed by atoms with Crippen LogP contribution in [0.3, 0.4) is 0 Å². The number of rotatable bonds is 4. The van der Waals surface area contributed by atoms with Crippen LogP contribution in [0.2, 0.25) is 0 Å². The maximum absolute atomic E-state index is 12.5. The van der Waals surface area contributed by atoms with E-state index in [-0.39, 0.29) is 5.91 Å². The Kier molecular flexibility index (Phi) is 5.01. The summed E-state index contributed by atoms with van der Waals surface area (Å²) in [6, 6.07) is 12.2. The molecule has 0 aliphatic carbocycles. The molecule has 130 valence electrons. The fraction of sp³-hybridized carbons (Fsp3) is 0.368. The highest BCUT2D eigenvalue weighted by Crippen LogP contribution is 2.37. The van der Waals surface area contributed by atoms with Gasteiger partial charge in [-0.05, 0) is 24.3 Å². The number of anilines is 1. The molecule has 0 saturated carbocycles. The Morgan fingerprint density at radius 1 is 1.12 bits per heavy atom. The SMILES string of the molecule is O=C1CSc2ccc(-c3ccccn3)cc2N1CCN1CCOCC1. The molecule has 0 radical (unpaired) electrons. The molecule has 1 fully saturated rings. The number of nitrogens with zero attached hydrogens (tertiary/aromatic N) is 3. The first-order valence-electron chi connectivity index (χ1n) is 8.60. The Balaban J connectivity index is 1.57. The van der Waals surface area contributed by atoms with Crippen molar-refractivity contribution in [2.75, 3.05) is 50.0 Å². The number of morpholine rings is 1. The second-order valence-electron chi connectivity index (χ2n) is 6.19. The first-order chi connectivity index (χ1) is 12.3. The van der Waals surface area contributed by atoms with Gasteiger partial charge in [0, 0.05) is 42.8 Å². The zero-order chi connectivity index (χ0) is 17.1. The molecule has 2 aliphatic rings. The number of amides is 1. The van der Waals surface area contributed by atoms with E-state index in [2.05, 4.69) is 28.1 Å². The lowest BCUT2D eigenvalue weighted by atomic mass is 10.1. The summed E-state index contributed by atoms with van der Waals surface area (Å²) in [7, 11) is 0. The van der Waals surface area contributed by atoms with Gasteiger partial charge < -0.3 is 9.64 Å². The van der Waals surface area contributed by atoms with Gasteiger partial charge in [-0.3, -0.25) is 14.7 Å². The maximum atomic E-state index is 12.5. The molecule has 3 heterocycles. The molecule has 0 bridgehead atoms. The average molecular weight is 355 g/mol. The number of pyridine rings is 1. The van der Waals surface area contributed by atoms with Crippen molar-refractivity contribution in [2.45, 2.75) is 4.90 Å². The smallest absolute Gasteiger partial charge is 0.237 e. The third kappa shape index (κ3) is 3.71. The highest BCUT2D eigenvalue weighted by Gasteiger charge is 2.26. The minimum atomic E-state index is 0.184. The molecule has 5 nitrogen and oxygen atoms in total. The largest absolute Gasteiger partial charge is 0.379 e. The Bertz CT molecular complexity index is 748. The monoisotopic (exact) mass is 355 g/mol. The summed E-state index contributed by atoms with van der Waals surface area (Å²) in [6.45, 7) is 5.05. The van der Waals surface area contributed by atoms with Gasteiger partial charge in [-0.2, -0.15) is 0 Å². The molecule has 1 aromatic carbocycles. The van der Waals surface area contributed by atoms with Crippen molar-refractivity contribution in [1.82, 2.24) is 9.88 Å². The zero-order valence-electron chi connectivity index (χ0n) is 14.1. The van der Waals surface area contributed by atoms with Gasteiger partial charge >= 0.3 is 0 Å². The van der Waals surface area contributed by atoms with Gasteiger partial charge in [0.15, 0.2) is 0 Å². The normalized spacial score (nSPS) is 18.2. The van der Waals surface area contributed by atoms with Crippen LogP contribution in [-0.2, 0) is 9.53 Å². The van der Waals surface area contributed by atoms with E-state index in [1.165, 1.54) is 4.90 Å². The predicted molar refractivity (Wildman–Crippen MR) is 100 cm³/mol. The maximum Gasteiger partial charge on any atom is 0.237 e. The van der Waals surface area contributed by atoms with Crippen LogP contribution in [0, 0.1) is 0 Å². The first-order valence-corrected chi connectivity index (χ1v) is 9.58. The number of aromatic nitrogens is 1. The summed E-state index contributed by atoms with van der Waals surface area (Å²) in [6.07, 6.45) is 1.80. The van der Waals surface area contributed by atoms with Crippen molar-refractivity contribution in [2.24, 2.45) is 0 Å². The summed E-state index contributed by atoms with van der Waals surface area (Å²) < 4.78 is 5.40. The van der Waals surface area contributed by atoms with Crippen LogP contribution in [-0.4, -0.2) is 60.9 Å². The average Bonchev–Trinajstić information content (AvgIpc) is 2.68. The lowest BCUT2D eigenvalue weighted by molar-refractivity contribution is -0.116. The second kappa shape index (κ2) is 7.56. The number of hydrogen-bond acceptors (Lipinski definition) is 5. The van der Waals surface area contributed by atoms with Crippen LogP contribution >= 0.6 is 11.8 Å². The number of carbonyl (C=O) groups is 1. The molecule has 1 saturated heterocycles. The summed E-state index contributed by atoms with van der Waals surface area (Å²) in [4.78, 5) is 22.4. The Labute approximate surface area is 152 Å². The number of ether oxygens (including phenoxy) is 1. The van der Waals surface area contributed by atoms with E-state index in [9.17, 15) is 4.79 Å². The molecular formula is C19H21N3O2S. The van der Waals surface area contributed by atoms with E-state index in [4.69, 9.17) is 4.74 Å². The summed E-state index contributed by atoms with van der Waals surface area (Å²) in [5.41, 5.74) is 2.99. The van der Waals surface area contributed by atoms with Crippen molar-refractivity contribution >= 4 is 23.4 Å². The molecule has 0 spiro atoms. The van der Waals surface area contributed by atoms with E-state index in [0.29, 0.717) is 5.75 Å². The summed E-state index contributed by atoms with van der Waals surface area (Å²) in [5, 5.41) is 0. The van der Waals surface area contributed by atoms with Crippen LogP contribution in [0.1, 0.15) is 0 Å². The van der Waals surface area contributed by atoms with Gasteiger partial charge in [0.2, 0.25) is 5.91 Å². The van der Waals surface area contributed by atoms with Gasteiger partial charge in [0.05, 0.1) is 30.3 Å². The minimum absolute atomic E-state index is 0.184. The zero-order valence-corrected chi connectivity index (χ0v) is 14.9. The summed E-state index contributed by atoms with van der Waals surface area (Å²) >= 11 is 1.62. The summed E-state index contributed by atoms with van der Waals surface area (Å²) in [5.74, 6) is 0.697. The van der Waals surface area contributed by atoms with Crippen LogP contribution in [0.25, 0.3) is 11.3 Å².